The number of rotatable bonds is 8. The van der Waals surface area contributed by atoms with E-state index in [1.165, 1.54) is 24.3 Å². The summed E-state index contributed by atoms with van der Waals surface area (Å²) in [5.74, 6) is -1.92. The average Bonchev–Trinajstić information content (AvgIpc) is 2.89. The van der Waals surface area contributed by atoms with Crippen molar-refractivity contribution in [1.82, 2.24) is 5.32 Å². The topological polar surface area (TPSA) is 114 Å². The normalized spacial score (nSPS) is 14.3. The zero-order chi connectivity index (χ0) is 29.0. The molecule has 1 heterocycles. The minimum atomic E-state index is -0.870. The molecule has 5 amide bonds. The molecule has 0 saturated carbocycles. The first-order valence-corrected chi connectivity index (χ1v) is 13.5. The number of amides is 5. The number of nitrogens with zero attached hydrogens (tertiary/aromatic N) is 1. The van der Waals surface area contributed by atoms with Crippen LogP contribution >= 0.6 is 50.7 Å². The number of nitrogens with one attached hydrogen (secondary N) is 2. The van der Waals surface area contributed by atoms with Gasteiger partial charge < -0.3 is 14.8 Å². The standard InChI is InChI=1S/C27H19BrCl3N3O6/c1-2-39-22-11-14(9-18-25(36)33-27(38)34(26(18)37)17-6-3-15(28)4-7-17)10-21(31)24(22)40-13-23(35)32-16-5-8-19(29)20(30)12-16/h3-12H,2,13H2,1H3,(H,32,35)(H,33,36,38)/b18-9+. The Bertz CT molecular complexity index is 1550. The van der Waals surface area contributed by atoms with Gasteiger partial charge in [0.1, 0.15) is 5.57 Å². The summed E-state index contributed by atoms with van der Waals surface area (Å²) in [7, 11) is 0. The highest BCUT2D eigenvalue weighted by Crippen LogP contribution is 2.38. The fourth-order valence-corrected chi connectivity index (χ4v) is 4.47. The van der Waals surface area contributed by atoms with E-state index in [1.54, 1.807) is 43.3 Å². The summed E-state index contributed by atoms with van der Waals surface area (Å²) in [5, 5.41) is 5.49. The third kappa shape index (κ3) is 6.76. The molecule has 3 aromatic carbocycles. The van der Waals surface area contributed by atoms with Crippen LogP contribution in [-0.4, -0.2) is 37.0 Å². The first kappa shape index (κ1) is 29.4. The van der Waals surface area contributed by atoms with Gasteiger partial charge in [0.25, 0.3) is 17.7 Å². The largest absolute Gasteiger partial charge is 0.490 e. The summed E-state index contributed by atoms with van der Waals surface area (Å²) in [6.07, 6.45) is 1.28. The number of ether oxygens (including phenoxy) is 2. The molecule has 0 atom stereocenters. The van der Waals surface area contributed by atoms with Crippen molar-refractivity contribution in [3.8, 4) is 11.5 Å². The molecule has 0 bridgehead atoms. The van der Waals surface area contributed by atoms with E-state index in [9.17, 15) is 19.2 Å². The minimum absolute atomic E-state index is 0.0599. The lowest BCUT2D eigenvalue weighted by molar-refractivity contribution is -0.122. The Labute approximate surface area is 252 Å². The molecule has 2 N–H and O–H groups in total. The van der Waals surface area contributed by atoms with Gasteiger partial charge in [-0.05, 0) is 73.2 Å². The molecule has 1 aliphatic heterocycles. The highest BCUT2D eigenvalue weighted by Gasteiger charge is 2.36. The molecule has 0 aliphatic carbocycles. The Kier molecular flexibility index (Phi) is 9.36. The number of halogens is 4. The number of barbiturate groups is 1. The van der Waals surface area contributed by atoms with E-state index in [-0.39, 0.29) is 39.4 Å². The van der Waals surface area contributed by atoms with Gasteiger partial charge in [-0.1, -0.05) is 50.7 Å². The van der Waals surface area contributed by atoms with Crippen molar-refractivity contribution in [3.63, 3.8) is 0 Å². The van der Waals surface area contributed by atoms with Crippen LogP contribution in [-0.2, 0) is 14.4 Å². The maximum atomic E-state index is 13.2. The molecule has 0 spiro atoms. The Morgan fingerprint density at radius 1 is 0.975 bits per heavy atom. The van der Waals surface area contributed by atoms with Gasteiger partial charge in [0.2, 0.25) is 0 Å². The van der Waals surface area contributed by atoms with Crippen LogP contribution in [0.5, 0.6) is 11.5 Å². The van der Waals surface area contributed by atoms with Crippen LogP contribution in [0.25, 0.3) is 6.08 Å². The third-order valence-corrected chi connectivity index (χ3v) is 6.93. The predicted octanol–water partition coefficient (Wildman–Crippen LogP) is 6.49. The highest BCUT2D eigenvalue weighted by atomic mass is 79.9. The SMILES string of the molecule is CCOc1cc(/C=C2\C(=O)NC(=O)N(c3ccc(Br)cc3)C2=O)cc(Cl)c1OCC(=O)Nc1ccc(Cl)c(Cl)c1. The summed E-state index contributed by atoms with van der Waals surface area (Å²) in [6.45, 7) is 1.55. The van der Waals surface area contributed by atoms with Crippen LogP contribution < -0.4 is 25.0 Å². The van der Waals surface area contributed by atoms with Gasteiger partial charge in [0.05, 0.1) is 27.4 Å². The minimum Gasteiger partial charge on any atom is -0.490 e. The molecule has 0 radical (unpaired) electrons. The van der Waals surface area contributed by atoms with Gasteiger partial charge in [-0.2, -0.15) is 0 Å². The van der Waals surface area contributed by atoms with E-state index in [0.29, 0.717) is 16.3 Å². The van der Waals surface area contributed by atoms with Crippen molar-refractivity contribution in [2.24, 2.45) is 0 Å². The van der Waals surface area contributed by atoms with Crippen LogP contribution in [0.3, 0.4) is 0 Å². The van der Waals surface area contributed by atoms with Gasteiger partial charge >= 0.3 is 6.03 Å². The zero-order valence-electron chi connectivity index (χ0n) is 20.6. The van der Waals surface area contributed by atoms with E-state index < -0.39 is 30.4 Å². The van der Waals surface area contributed by atoms with Gasteiger partial charge in [0, 0.05) is 10.2 Å². The van der Waals surface area contributed by atoms with Crippen LogP contribution in [0.15, 0.2) is 64.6 Å². The predicted molar refractivity (Wildman–Crippen MR) is 156 cm³/mol. The number of carbonyl (C=O) groups excluding carboxylic acids is 4. The van der Waals surface area contributed by atoms with E-state index in [2.05, 4.69) is 26.6 Å². The number of carbonyl (C=O) groups is 4. The van der Waals surface area contributed by atoms with Crippen molar-refractivity contribution in [1.29, 1.82) is 0 Å². The second-order valence-electron chi connectivity index (χ2n) is 8.16. The second kappa shape index (κ2) is 12.7. The number of urea groups is 1. The molecule has 0 unspecified atom stereocenters. The van der Waals surface area contributed by atoms with Crippen LogP contribution in [0.4, 0.5) is 16.2 Å². The highest BCUT2D eigenvalue weighted by molar-refractivity contribution is 9.10. The Morgan fingerprint density at radius 2 is 1.70 bits per heavy atom. The maximum Gasteiger partial charge on any atom is 0.335 e. The molecular formula is C27H19BrCl3N3O6. The maximum absolute atomic E-state index is 13.2. The van der Waals surface area contributed by atoms with Crippen molar-refractivity contribution in [2.75, 3.05) is 23.4 Å². The number of imide groups is 2. The van der Waals surface area contributed by atoms with Crippen molar-refractivity contribution in [2.45, 2.75) is 6.92 Å². The molecule has 40 heavy (non-hydrogen) atoms. The lowest BCUT2D eigenvalue weighted by Crippen LogP contribution is -2.54. The van der Waals surface area contributed by atoms with Crippen LogP contribution in [0, 0.1) is 0 Å². The third-order valence-electron chi connectivity index (χ3n) is 5.38. The molecule has 3 aromatic rings. The second-order valence-corrected chi connectivity index (χ2v) is 10.3. The summed E-state index contributed by atoms with van der Waals surface area (Å²) >= 11 is 21.6. The van der Waals surface area contributed by atoms with Crippen LogP contribution in [0.1, 0.15) is 12.5 Å². The van der Waals surface area contributed by atoms with Crippen molar-refractivity contribution < 1.29 is 28.7 Å². The lowest BCUT2D eigenvalue weighted by atomic mass is 10.1. The quantitative estimate of drug-likeness (QED) is 0.210. The van der Waals surface area contributed by atoms with E-state index in [1.807, 2.05) is 0 Å². The number of anilines is 2. The monoisotopic (exact) mass is 665 g/mol. The smallest absolute Gasteiger partial charge is 0.335 e. The summed E-state index contributed by atoms with van der Waals surface area (Å²) < 4.78 is 12.0. The fourth-order valence-electron chi connectivity index (χ4n) is 3.63. The van der Waals surface area contributed by atoms with Gasteiger partial charge in [-0.25, -0.2) is 9.69 Å². The fraction of sp³-hybridized carbons (Fsp3) is 0.111. The number of hydrogen-bond acceptors (Lipinski definition) is 6. The lowest BCUT2D eigenvalue weighted by Gasteiger charge is -2.26. The zero-order valence-corrected chi connectivity index (χ0v) is 24.5. The Balaban J connectivity index is 1.57. The van der Waals surface area contributed by atoms with E-state index in [0.717, 1.165) is 9.37 Å². The first-order valence-electron chi connectivity index (χ1n) is 11.6. The van der Waals surface area contributed by atoms with Gasteiger partial charge in [0.15, 0.2) is 18.1 Å². The average molecular weight is 668 g/mol. The van der Waals surface area contributed by atoms with Crippen LogP contribution in [0.2, 0.25) is 15.1 Å². The molecule has 1 saturated heterocycles. The molecule has 9 nitrogen and oxygen atoms in total. The molecule has 206 valence electrons. The summed E-state index contributed by atoms with van der Waals surface area (Å²) in [4.78, 5) is 51.5. The van der Waals surface area contributed by atoms with E-state index in [4.69, 9.17) is 44.3 Å². The molecule has 0 aromatic heterocycles. The van der Waals surface area contributed by atoms with Gasteiger partial charge in [-0.3, -0.25) is 19.7 Å². The Morgan fingerprint density at radius 3 is 2.38 bits per heavy atom. The first-order chi connectivity index (χ1) is 19.1. The molecule has 1 aliphatic rings. The van der Waals surface area contributed by atoms with E-state index >= 15 is 0 Å². The number of hydrogen-bond donors (Lipinski definition) is 2. The summed E-state index contributed by atoms with van der Waals surface area (Å²) in [5.41, 5.74) is 0.729. The van der Waals surface area contributed by atoms with Gasteiger partial charge in [-0.15, -0.1) is 0 Å². The summed E-state index contributed by atoms with van der Waals surface area (Å²) in [6, 6.07) is 13.1. The molecule has 4 rings (SSSR count). The molecule has 1 fully saturated rings. The molecule has 13 heteroatoms. The van der Waals surface area contributed by atoms with Crippen molar-refractivity contribution >= 4 is 91.9 Å². The Hall–Kier alpha value is -3.57. The van der Waals surface area contributed by atoms with Crippen molar-refractivity contribution in [3.05, 3.63) is 85.3 Å². The number of benzene rings is 3. The molecular weight excluding hydrogens is 649 g/mol.